The van der Waals surface area contributed by atoms with E-state index in [0.29, 0.717) is 37.7 Å². The summed E-state index contributed by atoms with van der Waals surface area (Å²) in [5.41, 5.74) is 0.642. The number of rotatable bonds is 6. The van der Waals surface area contributed by atoms with Crippen molar-refractivity contribution in [3.63, 3.8) is 0 Å². The quantitative estimate of drug-likeness (QED) is 0.716. The number of amides is 1. The molecule has 1 amide bonds. The highest BCUT2D eigenvalue weighted by Gasteiger charge is 2.36. The summed E-state index contributed by atoms with van der Waals surface area (Å²) in [5, 5.41) is 3.54. The van der Waals surface area contributed by atoms with Crippen molar-refractivity contribution >= 4 is 12.1 Å². The molecule has 1 aromatic carbocycles. The number of hydrogen-bond acceptors (Lipinski definition) is 8. The molecule has 0 aromatic heterocycles. The van der Waals surface area contributed by atoms with Crippen molar-refractivity contribution in [1.29, 1.82) is 0 Å². The van der Waals surface area contributed by atoms with Gasteiger partial charge >= 0.3 is 6.09 Å². The van der Waals surface area contributed by atoms with Gasteiger partial charge in [-0.05, 0) is 52.6 Å². The molecule has 1 saturated heterocycles. The van der Waals surface area contributed by atoms with E-state index in [2.05, 4.69) is 35.3 Å². The van der Waals surface area contributed by atoms with E-state index in [-0.39, 0.29) is 18.2 Å². The number of benzene rings is 1. The molecule has 9 heteroatoms. The first-order valence-electron chi connectivity index (χ1n) is 11.0. The zero-order valence-corrected chi connectivity index (χ0v) is 20.3. The van der Waals surface area contributed by atoms with Gasteiger partial charge in [0.2, 0.25) is 0 Å². The summed E-state index contributed by atoms with van der Waals surface area (Å²) < 4.78 is 16.4. The van der Waals surface area contributed by atoms with Crippen molar-refractivity contribution in [3.8, 4) is 11.5 Å². The van der Waals surface area contributed by atoms with Crippen LogP contribution in [0.15, 0.2) is 23.2 Å². The molecule has 1 N–H and O–H groups in total. The third-order valence-electron chi connectivity index (χ3n) is 5.73. The van der Waals surface area contributed by atoms with Crippen molar-refractivity contribution in [1.82, 2.24) is 20.0 Å². The predicted molar refractivity (Wildman–Crippen MR) is 125 cm³/mol. The molecule has 2 atom stereocenters. The molecule has 3 rings (SSSR count). The molecule has 178 valence electrons. The van der Waals surface area contributed by atoms with E-state index in [1.54, 1.807) is 19.1 Å². The lowest BCUT2D eigenvalue weighted by Crippen LogP contribution is -2.58. The molecule has 2 aliphatic rings. The van der Waals surface area contributed by atoms with E-state index in [9.17, 15) is 4.79 Å². The molecular formula is C23H37N5O4. The molecule has 0 bridgehead atoms. The van der Waals surface area contributed by atoms with Crippen LogP contribution in [-0.2, 0) is 4.74 Å². The fourth-order valence-electron chi connectivity index (χ4n) is 4.07. The Bertz CT molecular complexity index is 836. The van der Waals surface area contributed by atoms with Crippen molar-refractivity contribution in [2.45, 2.75) is 38.5 Å². The molecule has 1 fully saturated rings. The van der Waals surface area contributed by atoms with Crippen molar-refractivity contribution < 1.29 is 19.0 Å². The van der Waals surface area contributed by atoms with E-state index >= 15 is 0 Å². The number of carbonyl (C=O) groups is 1. The van der Waals surface area contributed by atoms with Crippen LogP contribution in [0.1, 0.15) is 32.4 Å². The van der Waals surface area contributed by atoms with Gasteiger partial charge in [0.15, 0.2) is 17.5 Å². The van der Waals surface area contributed by atoms with Crippen LogP contribution in [0.5, 0.6) is 11.5 Å². The molecule has 1 aromatic rings. The van der Waals surface area contributed by atoms with Crippen LogP contribution in [0.4, 0.5) is 4.79 Å². The van der Waals surface area contributed by atoms with Gasteiger partial charge in [0.1, 0.15) is 5.60 Å². The van der Waals surface area contributed by atoms with Gasteiger partial charge in [0, 0.05) is 26.2 Å². The van der Waals surface area contributed by atoms with Crippen molar-refractivity contribution in [2.24, 2.45) is 4.99 Å². The van der Waals surface area contributed by atoms with E-state index in [4.69, 9.17) is 19.2 Å². The number of guanidine groups is 1. The number of methoxy groups -OCH3 is 2. The number of nitrogens with zero attached hydrogens (tertiary/aromatic N) is 4. The highest BCUT2D eigenvalue weighted by atomic mass is 16.6. The second-order valence-electron chi connectivity index (χ2n) is 9.41. The second-order valence-corrected chi connectivity index (χ2v) is 9.41. The van der Waals surface area contributed by atoms with Crippen molar-refractivity contribution in [2.75, 3.05) is 61.0 Å². The van der Waals surface area contributed by atoms with Gasteiger partial charge in [0.05, 0.1) is 32.8 Å². The van der Waals surface area contributed by atoms with Crippen LogP contribution in [-0.4, -0.2) is 99.4 Å². The minimum atomic E-state index is -0.488. The molecule has 0 aliphatic carbocycles. The lowest BCUT2D eigenvalue weighted by molar-refractivity contribution is 0.0137. The molecule has 2 heterocycles. The third-order valence-corrected chi connectivity index (χ3v) is 5.73. The lowest BCUT2D eigenvalue weighted by atomic mass is 10.1. The Balaban J connectivity index is 1.60. The van der Waals surface area contributed by atoms with Gasteiger partial charge in [-0.25, -0.2) is 4.79 Å². The normalized spacial score (nSPS) is 19.4. The summed E-state index contributed by atoms with van der Waals surface area (Å²) in [4.78, 5) is 23.4. The van der Waals surface area contributed by atoms with Gasteiger partial charge < -0.3 is 34.2 Å². The summed E-state index contributed by atoms with van der Waals surface area (Å²) in [5.74, 6) is 2.33. The molecule has 9 nitrogen and oxygen atoms in total. The maximum absolute atomic E-state index is 12.4. The molecule has 0 spiro atoms. The Kier molecular flexibility index (Phi) is 7.38. The van der Waals surface area contributed by atoms with Crippen LogP contribution < -0.4 is 14.8 Å². The van der Waals surface area contributed by atoms with Gasteiger partial charge in [-0.15, -0.1) is 0 Å². The number of nitrogens with one attached hydrogen (secondary N) is 1. The first-order chi connectivity index (χ1) is 15.1. The highest BCUT2D eigenvalue weighted by molar-refractivity contribution is 5.82. The fraction of sp³-hybridized carbons (Fsp3) is 0.652. The van der Waals surface area contributed by atoms with Gasteiger partial charge in [-0.3, -0.25) is 4.99 Å². The summed E-state index contributed by atoms with van der Waals surface area (Å²) in [6, 6.07) is 6.32. The topological polar surface area (TPSA) is 78.9 Å². The van der Waals surface area contributed by atoms with Crippen LogP contribution in [0, 0.1) is 0 Å². The molecular weight excluding hydrogens is 410 g/mol. The third kappa shape index (κ3) is 5.56. The maximum Gasteiger partial charge on any atom is 0.410 e. The SMILES string of the molecule is COc1ccc(C(CNC2=NCC3CN(C(=O)OC(C)(C)C)CCN23)N(C)C)cc1OC. The fourth-order valence-corrected chi connectivity index (χ4v) is 4.07. The molecule has 0 saturated carbocycles. The minimum absolute atomic E-state index is 0.125. The lowest BCUT2D eigenvalue weighted by Gasteiger charge is -2.39. The van der Waals surface area contributed by atoms with Crippen LogP contribution in [0.3, 0.4) is 0 Å². The largest absolute Gasteiger partial charge is 0.493 e. The number of fused-ring (bicyclic) bond motifs is 1. The molecule has 0 radical (unpaired) electrons. The number of aliphatic imine (C=N–C) groups is 1. The number of carbonyl (C=O) groups excluding carboxylic acids is 1. The Morgan fingerprint density at radius 1 is 1.22 bits per heavy atom. The Morgan fingerprint density at radius 3 is 2.56 bits per heavy atom. The first kappa shape index (κ1) is 24.0. The highest BCUT2D eigenvalue weighted by Crippen LogP contribution is 2.31. The average Bonchev–Trinajstić information content (AvgIpc) is 3.14. The first-order valence-corrected chi connectivity index (χ1v) is 11.0. The Morgan fingerprint density at radius 2 is 1.94 bits per heavy atom. The number of piperazine rings is 1. The number of likely N-dealkylation sites (N-methyl/N-ethyl adjacent to an activating group) is 1. The summed E-state index contributed by atoms with van der Waals surface area (Å²) in [6.07, 6.45) is -0.250. The second kappa shape index (κ2) is 9.85. The van der Waals surface area contributed by atoms with E-state index in [1.807, 2.05) is 32.9 Å². The van der Waals surface area contributed by atoms with E-state index in [1.165, 1.54) is 0 Å². The standard InChI is InChI=1S/C23H37N5O4/c1-23(2,3)32-22(29)27-10-11-28-17(15-27)13-24-21(28)25-14-18(26(4)5)16-8-9-19(30-6)20(12-16)31-7/h8-9,12,17-18H,10-11,13-15H2,1-7H3,(H,24,25). The molecule has 32 heavy (non-hydrogen) atoms. The summed E-state index contributed by atoms with van der Waals surface area (Å²) in [7, 11) is 7.40. The van der Waals surface area contributed by atoms with Gasteiger partial charge in [-0.2, -0.15) is 0 Å². The molecule has 2 unspecified atom stereocenters. The number of hydrogen-bond donors (Lipinski definition) is 1. The number of ether oxygens (including phenoxy) is 3. The van der Waals surface area contributed by atoms with Crippen LogP contribution >= 0.6 is 0 Å². The van der Waals surface area contributed by atoms with Crippen LogP contribution in [0.2, 0.25) is 0 Å². The predicted octanol–water partition coefficient (Wildman–Crippen LogP) is 2.19. The Hall–Kier alpha value is -2.68. The van der Waals surface area contributed by atoms with Gasteiger partial charge in [0.25, 0.3) is 0 Å². The minimum Gasteiger partial charge on any atom is -0.493 e. The van der Waals surface area contributed by atoms with Crippen molar-refractivity contribution in [3.05, 3.63) is 23.8 Å². The Labute approximate surface area is 191 Å². The summed E-state index contributed by atoms with van der Waals surface area (Å²) in [6.45, 7) is 9.02. The van der Waals surface area contributed by atoms with E-state index in [0.717, 1.165) is 18.1 Å². The van der Waals surface area contributed by atoms with Gasteiger partial charge in [-0.1, -0.05) is 6.07 Å². The smallest absolute Gasteiger partial charge is 0.410 e. The zero-order chi connectivity index (χ0) is 23.5. The monoisotopic (exact) mass is 447 g/mol. The maximum atomic E-state index is 12.4. The van der Waals surface area contributed by atoms with E-state index < -0.39 is 5.60 Å². The van der Waals surface area contributed by atoms with Crippen LogP contribution in [0.25, 0.3) is 0 Å². The summed E-state index contributed by atoms with van der Waals surface area (Å²) >= 11 is 0. The molecule has 2 aliphatic heterocycles. The zero-order valence-electron chi connectivity index (χ0n) is 20.3. The average molecular weight is 448 g/mol.